The summed E-state index contributed by atoms with van der Waals surface area (Å²) in [4.78, 5) is 21.0. The monoisotopic (exact) mass is 204 g/mol. The third-order valence-corrected chi connectivity index (χ3v) is 1.38. The van der Waals surface area contributed by atoms with Crippen molar-refractivity contribution in [1.82, 2.24) is 5.32 Å². The molecule has 0 aliphatic rings. The molecule has 0 bridgehead atoms. The first-order chi connectivity index (χ1) is 6.66. The lowest BCUT2D eigenvalue weighted by Crippen LogP contribution is -2.29. The van der Waals surface area contributed by atoms with Crippen molar-refractivity contribution in [3.63, 3.8) is 0 Å². The average molecular weight is 204 g/mol. The predicted molar refractivity (Wildman–Crippen MR) is 49.8 cm³/mol. The summed E-state index contributed by atoms with van der Waals surface area (Å²) in [7, 11) is 0. The summed E-state index contributed by atoms with van der Waals surface area (Å²) in [6, 6.07) is 0. The number of carbonyl (C=O) groups is 2. The molecule has 0 saturated carbocycles. The van der Waals surface area contributed by atoms with Gasteiger partial charge in [0.05, 0.1) is 6.61 Å². The zero-order chi connectivity index (χ0) is 10.8. The van der Waals surface area contributed by atoms with Crippen LogP contribution in [0.2, 0.25) is 0 Å². The number of amides is 1. The molecule has 82 valence electrons. The maximum atomic E-state index is 10.9. The van der Waals surface area contributed by atoms with Crippen LogP contribution in [0.15, 0.2) is 0 Å². The van der Waals surface area contributed by atoms with Crippen molar-refractivity contribution in [2.24, 2.45) is 5.73 Å². The molecule has 14 heavy (non-hydrogen) atoms. The number of nitrogens with one attached hydrogen (secondary N) is 1. The van der Waals surface area contributed by atoms with E-state index in [0.29, 0.717) is 26.1 Å². The van der Waals surface area contributed by atoms with Crippen LogP contribution in [0.1, 0.15) is 12.8 Å². The Bertz CT molecular complexity index is 184. The first-order valence-corrected chi connectivity index (χ1v) is 4.43. The molecule has 0 aliphatic carbocycles. The minimum atomic E-state index is -0.862. The van der Waals surface area contributed by atoms with Gasteiger partial charge in [-0.05, 0) is 6.42 Å². The second kappa shape index (κ2) is 8.46. The smallest absolute Gasteiger partial charge is 0.303 e. The van der Waals surface area contributed by atoms with Gasteiger partial charge in [0.2, 0.25) is 5.91 Å². The maximum absolute atomic E-state index is 10.9. The first-order valence-electron chi connectivity index (χ1n) is 4.43. The van der Waals surface area contributed by atoms with Gasteiger partial charge in [-0.3, -0.25) is 9.59 Å². The van der Waals surface area contributed by atoms with E-state index >= 15 is 0 Å². The number of carboxylic acid groups (broad SMARTS) is 1. The molecule has 0 saturated heterocycles. The van der Waals surface area contributed by atoms with E-state index in [1.807, 2.05) is 0 Å². The Balaban J connectivity index is 3.22. The third kappa shape index (κ3) is 8.95. The van der Waals surface area contributed by atoms with E-state index in [-0.39, 0.29) is 18.9 Å². The fourth-order valence-electron chi connectivity index (χ4n) is 0.767. The van der Waals surface area contributed by atoms with Crippen LogP contribution in [0, 0.1) is 0 Å². The summed E-state index contributed by atoms with van der Waals surface area (Å²) in [6.07, 6.45) is 0.488. The summed E-state index contributed by atoms with van der Waals surface area (Å²) >= 11 is 0. The largest absolute Gasteiger partial charge is 0.481 e. The molecule has 0 fully saturated rings. The van der Waals surface area contributed by atoms with Gasteiger partial charge in [0, 0.05) is 19.5 Å². The molecule has 0 aromatic rings. The van der Waals surface area contributed by atoms with Crippen LogP contribution in [0.25, 0.3) is 0 Å². The number of aliphatic carboxylic acids is 1. The summed E-state index contributed by atoms with van der Waals surface area (Å²) in [5.74, 6) is -1.11. The summed E-state index contributed by atoms with van der Waals surface area (Å²) in [5, 5.41) is 10.8. The molecule has 0 aromatic heterocycles. The molecule has 0 atom stereocenters. The molecule has 4 N–H and O–H groups in total. The fourth-order valence-corrected chi connectivity index (χ4v) is 0.767. The second-order valence-corrected chi connectivity index (χ2v) is 2.69. The highest BCUT2D eigenvalue weighted by molar-refractivity contribution is 5.77. The van der Waals surface area contributed by atoms with Gasteiger partial charge in [-0.15, -0.1) is 0 Å². The zero-order valence-corrected chi connectivity index (χ0v) is 7.99. The summed E-state index contributed by atoms with van der Waals surface area (Å²) in [6.45, 7) is 1.07. The van der Waals surface area contributed by atoms with E-state index in [9.17, 15) is 9.59 Å². The van der Waals surface area contributed by atoms with Crippen molar-refractivity contribution in [2.45, 2.75) is 12.8 Å². The molecular formula is C8H16N2O4. The Morgan fingerprint density at radius 1 is 1.43 bits per heavy atom. The van der Waals surface area contributed by atoms with E-state index in [0.717, 1.165) is 0 Å². The van der Waals surface area contributed by atoms with Crippen LogP contribution < -0.4 is 11.1 Å². The molecule has 6 heteroatoms. The van der Waals surface area contributed by atoms with E-state index in [1.165, 1.54) is 0 Å². The maximum Gasteiger partial charge on any atom is 0.303 e. The van der Waals surface area contributed by atoms with Crippen LogP contribution in [0.4, 0.5) is 0 Å². The van der Waals surface area contributed by atoms with Crippen LogP contribution in [-0.2, 0) is 14.3 Å². The normalized spacial score (nSPS) is 9.79. The van der Waals surface area contributed by atoms with Gasteiger partial charge in [0.1, 0.15) is 6.61 Å². The van der Waals surface area contributed by atoms with Crippen molar-refractivity contribution in [1.29, 1.82) is 0 Å². The number of hydrogen-bond acceptors (Lipinski definition) is 4. The van der Waals surface area contributed by atoms with Crippen LogP contribution in [-0.4, -0.2) is 43.3 Å². The third-order valence-electron chi connectivity index (χ3n) is 1.38. The standard InChI is InChI=1S/C8H16N2O4/c9-3-5-14-6-7(11)10-4-1-2-8(12)13/h1-6,9H2,(H,10,11)(H,12,13). The fraction of sp³-hybridized carbons (Fsp3) is 0.750. The quantitative estimate of drug-likeness (QED) is 0.437. The number of carboxylic acids is 1. The molecule has 0 heterocycles. The van der Waals surface area contributed by atoms with E-state index < -0.39 is 5.97 Å². The Morgan fingerprint density at radius 3 is 2.71 bits per heavy atom. The average Bonchev–Trinajstić information content (AvgIpc) is 2.13. The Hall–Kier alpha value is -1.14. The minimum absolute atomic E-state index is 0.0235. The van der Waals surface area contributed by atoms with Crippen molar-refractivity contribution in [3.05, 3.63) is 0 Å². The number of ether oxygens (including phenoxy) is 1. The van der Waals surface area contributed by atoms with Gasteiger partial charge in [-0.25, -0.2) is 0 Å². The highest BCUT2D eigenvalue weighted by Crippen LogP contribution is 1.85. The Labute approximate surface area is 82.4 Å². The zero-order valence-electron chi connectivity index (χ0n) is 7.99. The number of carbonyl (C=O) groups excluding carboxylic acids is 1. The van der Waals surface area contributed by atoms with E-state index in [1.54, 1.807) is 0 Å². The highest BCUT2D eigenvalue weighted by atomic mass is 16.5. The van der Waals surface area contributed by atoms with Gasteiger partial charge in [0.15, 0.2) is 0 Å². The van der Waals surface area contributed by atoms with E-state index in [2.05, 4.69) is 5.32 Å². The SMILES string of the molecule is NCCOCC(=O)NCCCC(=O)O. The van der Waals surface area contributed by atoms with Crippen molar-refractivity contribution in [3.8, 4) is 0 Å². The molecule has 0 radical (unpaired) electrons. The van der Waals surface area contributed by atoms with Crippen molar-refractivity contribution < 1.29 is 19.4 Å². The molecule has 0 unspecified atom stereocenters. The predicted octanol–water partition coefficient (Wildman–Crippen LogP) is -1.06. The van der Waals surface area contributed by atoms with Gasteiger partial charge in [0.25, 0.3) is 0 Å². The van der Waals surface area contributed by atoms with Gasteiger partial charge in [-0.2, -0.15) is 0 Å². The van der Waals surface area contributed by atoms with Crippen LogP contribution in [0.3, 0.4) is 0 Å². The lowest BCUT2D eigenvalue weighted by Gasteiger charge is -2.04. The van der Waals surface area contributed by atoms with Crippen LogP contribution >= 0.6 is 0 Å². The minimum Gasteiger partial charge on any atom is -0.481 e. The molecular weight excluding hydrogens is 188 g/mol. The lowest BCUT2D eigenvalue weighted by molar-refractivity contribution is -0.137. The number of nitrogens with two attached hydrogens (primary N) is 1. The summed E-state index contributed by atoms with van der Waals surface area (Å²) < 4.78 is 4.87. The number of hydrogen-bond donors (Lipinski definition) is 3. The second-order valence-electron chi connectivity index (χ2n) is 2.69. The van der Waals surface area contributed by atoms with Gasteiger partial charge < -0.3 is 20.9 Å². The first kappa shape index (κ1) is 12.9. The lowest BCUT2D eigenvalue weighted by atomic mass is 10.3. The molecule has 0 rings (SSSR count). The molecule has 0 spiro atoms. The Kier molecular flexibility index (Phi) is 7.77. The molecule has 0 aliphatic heterocycles. The highest BCUT2D eigenvalue weighted by Gasteiger charge is 2.01. The molecule has 1 amide bonds. The molecule has 6 nitrogen and oxygen atoms in total. The van der Waals surface area contributed by atoms with Gasteiger partial charge in [-0.1, -0.05) is 0 Å². The molecule has 0 aromatic carbocycles. The topological polar surface area (TPSA) is 102 Å². The Morgan fingerprint density at radius 2 is 2.14 bits per heavy atom. The van der Waals surface area contributed by atoms with Crippen LogP contribution in [0.5, 0.6) is 0 Å². The summed E-state index contributed by atoms with van der Waals surface area (Å²) in [5.41, 5.74) is 5.15. The van der Waals surface area contributed by atoms with Crippen molar-refractivity contribution >= 4 is 11.9 Å². The van der Waals surface area contributed by atoms with Gasteiger partial charge >= 0.3 is 5.97 Å². The van der Waals surface area contributed by atoms with Crippen molar-refractivity contribution in [2.75, 3.05) is 26.3 Å². The number of rotatable bonds is 8. The van der Waals surface area contributed by atoms with E-state index in [4.69, 9.17) is 15.6 Å².